The second-order valence-corrected chi connectivity index (χ2v) is 6.48. The van der Waals surface area contributed by atoms with E-state index < -0.39 is 0 Å². The lowest BCUT2D eigenvalue weighted by molar-refractivity contribution is 0.474. The number of likely N-dealkylation sites (tertiary alicyclic amines) is 1. The van der Waals surface area contributed by atoms with Crippen LogP contribution >= 0.6 is 0 Å². The zero-order chi connectivity index (χ0) is 16.5. The van der Waals surface area contributed by atoms with Crippen LogP contribution in [0.15, 0.2) is 52.4 Å². The first-order chi connectivity index (χ1) is 11.7. The van der Waals surface area contributed by atoms with Crippen molar-refractivity contribution in [2.45, 2.75) is 26.2 Å². The van der Waals surface area contributed by atoms with E-state index in [0.717, 1.165) is 31.0 Å². The quantitative estimate of drug-likeness (QED) is 0.868. The van der Waals surface area contributed by atoms with Gasteiger partial charge in [0, 0.05) is 19.5 Å². The maximum absolute atomic E-state index is 10.2. The molecular formula is C20H21N3O. The summed E-state index contributed by atoms with van der Waals surface area (Å²) in [6.07, 6.45) is 3.21. The fourth-order valence-electron chi connectivity index (χ4n) is 3.34. The van der Waals surface area contributed by atoms with Crippen LogP contribution in [-0.4, -0.2) is 34.8 Å². The summed E-state index contributed by atoms with van der Waals surface area (Å²) >= 11 is 0. The highest BCUT2D eigenvalue weighted by molar-refractivity contribution is 6.10. The van der Waals surface area contributed by atoms with Crippen LogP contribution in [0.25, 0.3) is 0 Å². The van der Waals surface area contributed by atoms with Crippen molar-refractivity contribution in [2.24, 2.45) is 9.98 Å². The number of benzene rings is 2. The van der Waals surface area contributed by atoms with E-state index >= 15 is 0 Å². The maximum Gasteiger partial charge on any atom is 0.165 e. The summed E-state index contributed by atoms with van der Waals surface area (Å²) in [5, 5.41) is 10.2. The molecule has 0 bridgehead atoms. The molecule has 1 N–H and O–H groups in total. The molecule has 2 aromatic rings. The minimum Gasteiger partial charge on any atom is -0.507 e. The fourth-order valence-corrected chi connectivity index (χ4v) is 3.34. The van der Waals surface area contributed by atoms with E-state index in [1.54, 1.807) is 6.07 Å². The van der Waals surface area contributed by atoms with E-state index in [0.29, 0.717) is 11.4 Å². The van der Waals surface area contributed by atoms with Crippen molar-refractivity contribution in [3.8, 4) is 5.75 Å². The molecule has 0 radical (unpaired) electrons. The summed E-state index contributed by atoms with van der Waals surface area (Å²) in [4.78, 5) is 12.0. The summed E-state index contributed by atoms with van der Waals surface area (Å²) in [6.45, 7) is 4.17. The van der Waals surface area contributed by atoms with E-state index in [2.05, 4.69) is 30.0 Å². The predicted octanol–water partition coefficient (Wildman–Crippen LogP) is 3.83. The Bertz CT molecular complexity index is 833. The van der Waals surface area contributed by atoms with Crippen molar-refractivity contribution in [3.05, 3.63) is 59.2 Å². The van der Waals surface area contributed by atoms with Crippen molar-refractivity contribution in [3.63, 3.8) is 0 Å². The smallest absolute Gasteiger partial charge is 0.165 e. The maximum atomic E-state index is 10.2. The van der Waals surface area contributed by atoms with Gasteiger partial charge in [-0.05, 0) is 49.1 Å². The van der Waals surface area contributed by atoms with Gasteiger partial charge >= 0.3 is 0 Å². The van der Waals surface area contributed by atoms with Gasteiger partial charge in [0.15, 0.2) is 5.84 Å². The van der Waals surface area contributed by atoms with Crippen LogP contribution in [0.1, 0.15) is 29.5 Å². The molecule has 24 heavy (non-hydrogen) atoms. The molecule has 2 aromatic carbocycles. The molecule has 1 saturated heterocycles. The summed E-state index contributed by atoms with van der Waals surface area (Å²) in [5.74, 6) is 1.87. The van der Waals surface area contributed by atoms with Crippen LogP contribution in [0.5, 0.6) is 5.75 Å². The van der Waals surface area contributed by atoms with Crippen LogP contribution in [0.2, 0.25) is 0 Å². The molecular weight excluding hydrogens is 298 g/mol. The van der Waals surface area contributed by atoms with Gasteiger partial charge in [0.05, 0.1) is 11.3 Å². The summed E-state index contributed by atoms with van der Waals surface area (Å²) < 4.78 is 0. The van der Waals surface area contributed by atoms with Gasteiger partial charge in [0.25, 0.3) is 0 Å². The van der Waals surface area contributed by atoms with Gasteiger partial charge in [-0.2, -0.15) is 0 Å². The standard InChI is InChI=1S/C20H21N3O/c1-14-8-9-15-13-19(23-10-4-5-11-23)22-20(21-17(15)12-14)16-6-2-3-7-18(16)24/h2-3,6-9,12,24H,4-5,10-11,13H2,1H3. The number of para-hydroxylation sites is 1. The van der Waals surface area contributed by atoms with E-state index in [1.165, 1.54) is 24.0 Å². The van der Waals surface area contributed by atoms with Crippen LogP contribution in [0.3, 0.4) is 0 Å². The molecule has 0 unspecified atom stereocenters. The zero-order valence-corrected chi connectivity index (χ0v) is 13.9. The molecule has 4 heteroatoms. The summed E-state index contributed by atoms with van der Waals surface area (Å²) in [6, 6.07) is 13.7. The Morgan fingerprint density at radius 1 is 1.00 bits per heavy atom. The lowest BCUT2D eigenvalue weighted by Crippen LogP contribution is -2.30. The number of aliphatic imine (C=N–C) groups is 2. The number of nitrogens with zero attached hydrogens (tertiary/aromatic N) is 3. The summed E-state index contributed by atoms with van der Waals surface area (Å²) in [5.41, 5.74) is 4.00. The third kappa shape index (κ3) is 2.80. The van der Waals surface area contributed by atoms with Gasteiger partial charge < -0.3 is 10.0 Å². The van der Waals surface area contributed by atoms with Crippen molar-refractivity contribution in [2.75, 3.05) is 13.1 Å². The second kappa shape index (κ2) is 6.11. The zero-order valence-electron chi connectivity index (χ0n) is 13.9. The highest BCUT2D eigenvalue weighted by Gasteiger charge is 2.22. The van der Waals surface area contributed by atoms with Gasteiger partial charge in [-0.3, -0.25) is 0 Å². The first-order valence-electron chi connectivity index (χ1n) is 8.50. The molecule has 0 atom stereocenters. The normalized spacial score (nSPS) is 17.1. The number of amidine groups is 2. The molecule has 0 saturated carbocycles. The molecule has 0 spiro atoms. The first kappa shape index (κ1) is 14.9. The fraction of sp³-hybridized carbons (Fsp3) is 0.300. The average molecular weight is 319 g/mol. The SMILES string of the molecule is Cc1ccc2c(c1)N=C(c1ccccc1O)N=C(N1CCCC1)C2. The Balaban J connectivity index is 1.86. The number of phenolic OH excluding ortho intramolecular Hbond substituents is 1. The molecule has 1 fully saturated rings. The summed E-state index contributed by atoms with van der Waals surface area (Å²) in [7, 11) is 0. The molecule has 0 aliphatic carbocycles. The minimum absolute atomic E-state index is 0.219. The Kier molecular flexibility index (Phi) is 3.81. The number of rotatable bonds is 1. The number of phenols is 1. The molecule has 4 rings (SSSR count). The predicted molar refractivity (Wildman–Crippen MR) is 97.4 cm³/mol. The highest BCUT2D eigenvalue weighted by Crippen LogP contribution is 2.29. The van der Waals surface area contributed by atoms with Gasteiger partial charge in [-0.15, -0.1) is 0 Å². The number of aromatic hydroxyl groups is 1. The first-order valence-corrected chi connectivity index (χ1v) is 8.50. The lowest BCUT2D eigenvalue weighted by Gasteiger charge is -2.19. The number of hydrogen-bond acceptors (Lipinski definition) is 4. The minimum atomic E-state index is 0.219. The van der Waals surface area contributed by atoms with Gasteiger partial charge in [0.2, 0.25) is 0 Å². The molecule has 2 aliphatic rings. The number of fused-ring (bicyclic) bond motifs is 1. The van der Waals surface area contributed by atoms with Gasteiger partial charge in [-0.1, -0.05) is 24.3 Å². The third-order valence-electron chi connectivity index (χ3n) is 4.67. The van der Waals surface area contributed by atoms with E-state index in [9.17, 15) is 5.11 Å². The Labute approximate surface area is 142 Å². The molecule has 0 aromatic heterocycles. The largest absolute Gasteiger partial charge is 0.507 e. The second-order valence-electron chi connectivity index (χ2n) is 6.48. The average Bonchev–Trinajstić information content (AvgIpc) is 3.04. The van der Waals surface area contributed by atoms with Crippen LogP contribution < -0.4 is 0 Å². The highest BCUT2D eigenvalue weighted by atomic mass is 16.3. The Hall–Kier alpha value is -2.62. The van der Waals surface area contributed by atoms with Crippen LogP contribution in [-0.2, 0) is 6.42 Å². The van der Waals surface area contributed by atoms with E-state index in [4.69, 9.17) is 9.98 Å². The van der Waals surface area contributed by atoms with Crippen molar-refractivity contribution < 1.29 is 5.11 Å². The van der Waals surface area contributed by atoms with Crippen molar-refractivity contribution >= 4 is 17.4 Å². The molecule has 4 nitrogen and oxygen atoms in total. The molecule has 2 aliphatic heterocycles. The number of hydrogen-bond donors (Lipinski definition) is 1. The molecule has 2 heterocycles. The van der Waals surface area contributed by atoms with Crippen molar-refractivity contribution in [1.82, 2.24) is 4.90 Å². The molecule has 0 amide bonds. The van der Waals surface area contributed by atoms with E-state index in [-0.39, 0.29) is 5.75 Å². The number of aryl methyl sites for hydroxylation is 1. The van der Waals surface area contributed by atoms with E-state index in [1.807, 2.05) is 18.2 Å². The van der Waals surface area contributed by atoms with Crippen molar-refractivity contribution in [1.29, 1.82) is 0 Å². The Morgan fingerprint density at radius 3 is 2.58 bits per heavy atom. The van der Waals surface area contributed by atoms with Crippen LogP contribution in [0, 0.1) is 6.92 Å². The molecule has 122 valence electrons. The van der Waals surface area contributed by atoms with Gasteiger partial charge in [0.1, 0.15) is 11.6 Å². The van der Waals surface area contributed by atoms with Crippen LogP contribution in [0.4, 0.5) is 5.69 Å². The topological polar surface area (TPSA) is 48.2 Å². The lowest BCUT2D eigenvalue weighted by atomic mass is 10.1. The monoisotopic (exact) mass is 319 g/mol. The Morgan fingerprint density at radius 2 is 1.79 bits per heavy atom. The van der Waals surface area contributed by atoms with Gasteiger partial charge in [-0.25, -0.2) is 9.98 Å². The third-order valence-corrected chi connectivity index (χ3v) is 4.67.